The lowest BCUT2D eigenvalue weighted by molar-refractivity contribution is -0.0376. The van der Waals surface area contributed by atoms with Crippen LogP contribution in [0.3, 0.4) is 0 Å². The molecule has 1 rings (SSSR count). The molecule has 11 heavy (non-hydrogen) atoms. The van der Waals surface area contributed by atoms with Crippen LogP contribution in [0.25, 0.3) is 0 Å². The minimum atomic E-state index is -0.197. The van der Waals surface area contributed by atoms with Crippen LogP contribution in [0.15, 0.2) is 0 Å². The van der Waals surface area contributed by atoms with E-state index in [0.29, 0.717) is 13.2 Å². The first-order chi connectivity index (χ1) is 5.34. The van der Waals surface area contributed by atoms with Crippen molar-refractivity contribution >= 4 is 0 Å². The van der Waals surface area contributed by atoms with Crippen LogP contribution in [0.4, 0.5) is 0 Å². The lowest BCUT2D eigenvalue weighted by Gasteiger charge is -2.26. The van der Waals surface area contributed by atoms with Crippen molar-refractivity contribution in [3.63, 3.8) is 0 Å². The van der Waals surface area contributed by atoms with Crippen LogP contribution >= 0.6 is 0 Å². The lowest BCUT2D eigenvalue weighted by atomic mass is 9.94. The molecule has 1 saturated heterocycles. The highest BCUT2D eigenvalue weighted by molar-refractivity contribution is 4.86. The van der Waals surface area contributed by atoms with Gasteiger partial charge in [-0.2, -0.15) is 0 Å². The SMILES string of the molecule is C#CCCC1COCCC1O. The summed E-state index contributed by atoms with van der Waals surface area (Å²) in [4.78, 5) is 0. The molecule has 0 spiro atoms. The van der Waals surface area contributed by atoms with Gasteiger partial charge in [0.25, 0.3) is 0 Å². The highest BCUT2D eigenvalue weighted by Gasteiger charge is 2.22. The molecule has 0 aromatic rings. The summed E-state index contributed by atoms with van der Waals surface area (Å²) < 4.78 is 5.22. The normalized spacial score (nSPS) is 31.3. The van der Waals surface area contributed by atoms with Crippen LogP contribution in [0, 0.1) is 18.3 Å². The first kappa shape index (κ1) is 8.58. The van der Waals surface area contributed by atoms with Gasteiger partial charge in [-0.15, -0.1) is 12.3 Å². The first-order valence-corrected chi connectivity index (χ1v) is 4.04. The van der Waals surface area contributed by atoms with Crippen LogP contribution < -0.4 is 0 Å². The van der Waals surface area contributed by atoms with E-state index in [4.69, 9.17) is 11.2 Å². The number of aliphatic hydroxyl groups is 1. The molecule has 0 saturated carbocycles. The monoisotopic (exact) mass is 154 g/mol. The van der Waals surface area contributed by atoms with E-state index in [2.05, 4.69) is 5.92 Å². The zero-order valence-corrected chi connectivity index (χ0v) is 6.62. The Hall–Kier alpha value is -0.520. The number of ether oxygens (including phenoxy) is 1. The maximum atomic E-state index is 9.45. The van der Waals surface area contributed by atoms with Crippen molar-refractivity contribution in [3.8, 4) is 12.3 Å². The molecule has 0 aromatic carbocycles. The van der Waals surface area contributed by atoms with Crippen molar-refractivity contribution in [2.45, 2.75) is 25.4 Å². The molecule has 0 aromatic heterocycles. The summed E-state index contributed by atoms with van der Waals surface area (Å²) in [6.07, 6.45) is 7.31. The van der Waals surface area contributed by atoms with Crippen molar-refractivity contribution in [1.29, 1.82) is 0 Å². The van der Waals surface area contributed by atoms with E-state index in [1.807, 2.05) is 0 Å². The van der Waals surface area contributed by atoms with E-state index in [1.54, 1.807) is 0 Å². The zero-order chi connectivity index (χ0) is 8.10. The Labute approximate surface area is 67.6 Å². The maximum absolute atomic E-state index is 9.45. The van der Waals surface area contributed by atoms with E-state index in [9.17, 15) is 5.11 Å². The summed E-state index contributed by atoms with van der Waals surface area (Å²) in [6.45, 7) is 1.36. The van der Waals surface area contributed by atoms with E-state index in [-0.39, 0.29) is 12.0 Å². The van der Waals surface area contributed by atoms with Gasteiger partial charge in [0.2, 0.25) is 0 Å². The minimum absolute atomic E-state index is 0.197. The van der Waals surface area contributed by atoms with E-state index < -0.39 is 0 Å². The van der Waals surface area contributed by atoms with Gasteiger partial charge in [0.1, 0.15) is 0 Å². The van der Waals surface area contributed by atoms with Crippen molar-refractivity contribution in [3.05, 3.63) is 0 Å². The lowest BCUT2D eigenvalue weighted by Crippen LogP contribution is -2.31. The Morgan fingerprint density at radius 2 is 2.45 bits per heavy atom. The van der Waals surface area contributed by atoms with Gasteiger partial charge in [-0.1, -0.05) is 0 Å². The average molecular weight is 154 g/mol. The second-order valence-corrected chi connectivity index (χ2v) is 2.93. The Balaban J connectivity index is 2.25. The molecule has 0 bridgehead atoms. The number of aliphatic hydroxyl groups excluding tert-OH is 1. The van der Waals surface area contributed by atoms with Gasteiger partial charge in [0.15, 0.2) is 0 Å². The largest absolute Gasteiger partial charge is 0.393 e. The summed E-state index contributed by atoms with van der Waals surface area (Å²) in [5, 5.41) is 9.45. The molecule has 2 unspecified atom stereocenters. The fraction of sp³-hybridized carbons (Fsp3) is 0.778. The predicted molar refractivity (Wildman–Crippen MR) is 43.0 cm³/mol. The maximum Gasteiger partial charge on any atom is 0.0612 e. The molecule has 2 nitrogen and oxygen atoms in total. The molecule has 0 aliphatic carbocycles. The van der Waals surface area contributed by atoms with Crippen molar-refractivity contribution in [1.82, 2.24) is 0 Å². The molecule has 1 heterocycles. The number of terminal acetylenes is 1. The van der Waals surface area contributed by atoms with Crippen LogP contribution in [0.5, 0.6) is 0 Å². The van der Waals surface area contributed by atoms with Crippen molar-refractivity contribution in [2.75, 3.05) is 13.2 Å². The fourth-order valence-electron chi connectivity index (χ4n) is 1.33. The van der Waals surface area contributed by atoms with Gasteiger partial charge in [-0.25, -0.2) is 0 Å². The highest BCUT2D eigenvalue weighted by Crippen LogP contribution is 2.18. The molecular formula is C9H14O2. The standard InChI is InChI=1S/C9H14O2/c1-2-3-4-8-7-11-6-5-9(8)10/h1,8-10H,3-7H2. The van der Waals surface area contributed by atoms with Crippen molar-refractivity contribution in [2.24, 2.45) is 5.92 Å². The molecule has 1 aliphatic rings. The summed E-state index contributed by atoms with van der Waals surface area (Å²) in [5.74, 6) is 2.83. The molecule has 1 N–H and O–H groups in total. The molecule has 2 atom stereocenters. The quantitative estimate of drug-likeness (QED) is 0.596. The summed E-state index contributed by atoms with van der Waals surface area (Å²) in [7, 11) is 0. The van der Waals surface area contributed by atoms with Gasteiger partial charge in [0, 0.05) is 18.9 Å². The topological polar surface area (TPSA) is 29.5 Å². The van der Waals surface area contributed by atoms with Crippen LogP contribution in [0.1, 0.15) is 19.3 Å². The minimum Gasteiger partial charge on any atom is -0.393 e. The second kappa shape index (κ2) is 4.38. The Morgan fingerprint density at radius 1 is 1.64 bits per heavy atom. The summed E-state index contributed by atoms with van der Waals surface area (Å²) in [6, 6.07) is 0. The number of rotatable bonds is 2. The van der Waals surface area contributed by atoms with E-state index >= 15 is 0 Å². The highest BCUT2D eigenvalue weighted by atomic mass is 16.5. The Kier molecular flexibility index (Phi) is 3.41. The molecule has 2 heteroatoms. The average Bonchev–Trinajstić information content (AvgIpc) is 2.03. The molecular weight excluding hydrogens is 140 g/mol. The van der Waals surface area contributed by atoms with Crippen LogP contribution in [-0.2, 0) is 4.74 Å². The van der Waals surface area contributed by atoms with Gasteiger partial charge >= 0.3 is 0 Å². The van der Waals surface area contributed by atoms with Gasteiger partial charge < -0.3 is 9.84 Å². The van der Waals surface area contributed by atoms with Crippen LogP contribution in [-0.4, -0.2) is 24.4 Å². The van der Waals surface area contributed by atoms with Gasteiger partial charge in [-0.3, -0.25) is 0 Å². The van der Waals surface area contributed by atoms with E-state index in [0.717, 1.165) is 19.3 Å². The predicted octanol–water partition coefficient (Wildman–Crippen LogP) is 0.797. The zero-order valence-electron chi connectivity index (χ0n) is 6.62. The molecule has 1 aliphatic heterocycles. The van der Waals surface area contributed by atoms with Crippen molar-refractivity contribution < 1.29 is 9.84 Å². The van der Waals surface area contributed by atoms with E-state index in [1.165, 1.54) is 0 Å². The third-order valence-corrected chi connectivity index (χ3v) is 2.09. The van der Waals surface area contributed by atoms with Gasteiger partial charge in [0.05, 0.1) is 12.7 Å². The number of hydrogen-bond acceptors (Lipinski definition) is 2. The van der Waals surface area contributed by atoms with Crippen LogP contribution in [0.2, 0.25) is 0 Å². The third kappa shape index (κ3) is 2.53. The molecule has 1 fully saturated rings. The fourth-order valence-corrected chi connectivity index (χ4v) is 1.33. The Morgan fingerprint density at radius 3 is 3.09 bits per heavy atom. The summed E-state index contributed by atoms with van der Waals surface area (Å²) in [5.41, 5.74) is 0. The second-order valence-electron chi connectivity index (χ2n) is 2.93. The molecule has 0 radical (unpaired) electrons. The van der Waals surface area contributed by atoms with Gasteiger partial charge in [-0.05, 0) is 12.8 Å². The summed E-state index contributed by atoms with van der Waals surface area (Å²) >= 11 is 0. The smallest absolute Gasteiger partial charge is 0.0612 e. The molecule has 0 amide bonds. The Bertz CT molecular complexity index is 148. The first-order valence-electron chi connectivity index (χ1n) is 4.04. The third-order valence-electron chi connectivity index (χ3n) is 2.09. The number of hydrogen-bond donors (Lipinski definition) is 1. The molecule has 62 valence electrons.